The van der Waals surface area contributed by atoms with Gasteiger partial charge in [-0.1, -0.05) is 37.8 Å². The molecule has 3 aromatic carbocycles. The van der Waals surface area contributed by atoms with Crippen LogP contribution in [0.25, 0.3) is 10.8 Å². The van der Waals surface area contributed by atoms with Crippen molar-refractivity contribution >= 4 is 32.2 Å². The summed E-state index contributed by atoms with van der Waals surface area (Å²) in [6.07, 6.45) is 0. The molecule has 3 aromatic rings. The van der Waals surface area contributed by atoms with Crippen LogP contribution in [0.3, 0.4) is 0 Å². The Labute approximate surface area is 169 Å². The number of phenols is 2. The van der Waals surface area contributed by atoms with E-state index in [2.05, 4.69) is 15.0 Å². The highest BCUT2D eigenvalue weighted by Crippen LogP contribution is 2.37. The molecule has 0 spiro atoms. The number of nitrogens with one attached hydrogen (secondary N) is 1. The van der Waals surface area contributed by atoms with Crippen molar-refractivity contribution < 1.29 is 23.4 Å². The Balaban J connectivity index is 0.00000300. The molecule has 3 N–H and O–H groups in total. The van der Waals surface area contributed by atoms with E-state index >= 15 is 0 Å². The highest BCUT2D eigenvalue weighted by atomic mass is 32.2. The number of hydrogen-bond acceptors (Lipinski definition) is 7. The number of sulfonamides is 1. The Hall–Kier alpha value is -3.01. The number of azo groups is 1. The lowest BCUT2D eigenvalue weighted by molar-refractivity contribution is 0.204. The van der Waals surface area contributed by atoms with Crippen LogP contribution in [0.1, 0.15) is 7.43 Å². The van der Waals surface area contributed by atoms with Gasteiger partial charge in [0.1, 0.15) is 22.9 Å². The van der Waals surface area contributed by atoms with Gasteiger partial charge in [-0.25, -0.2) is 13.1 Å². The third kappa shape index (κ3) is 5.08. The summed E-state index contributed by atoms with van der Waals surface area (Å²) in [6.45, 7) is 0.338. The number of benzene rings is 3. The number of nitrogens with zero attached hydrogens (tertiary/aromatic N) is 2. The van der Waals surface area contributed by atoms with Crippen LogP contribution < -0.4 is 4.72 Å². The van der Waals surface area contributed by atoms with Gasteiger partial charge >= 0.3 is 0 Å². The Bertz CT molecular complexity index is 1130. The molecule has 8 nitrogen and oxygen atoms in total. The van der Waals surface area contributed by atoms with Gasteiger partial charge in [0, 0.05) is 19.0 Å². The highest BCUT2D eigenvalue weighted by Gasteiger charge is 2.16. The van der Waals surface area contributed by atoms with Crippen molar-refractivity contribution in [1.82, 2.24) is 4.72 Å². The molecule has 0 amide bonds. The first-order chi connectivity index (χ1) is 13.4. The van der Waals surface area contributed by atoms with Gasteiger partial charge in [0.2, 0.25) is 10.0 Å². The number of fused-ring (bicyclic) bond motifs is 1. The maximum atomic E-state index is 12.3. The van der Waals surface area contributed by atoms with E-state index in [1.165, 1.54) is 31.4 Å². The van der Waals surface area contributed by atoms with Gasteiger partial charge in [-0.05, 0) is 29.7 Å². The van der Waals surface area contributed by atoms with Gasteiger partial charge in [0.05, 0.1) is 11.5 Å². The molecule has 0 aromatic heterocycles. The van der Waals surface area contributed by atoms with Crippen molar-refractivity contribution in [3.05, 3.63) is 54.6 Å². The van der Waals surface area contributed by atoms with E-state index in [0.717, 1.165) is 5.39 Å². The lowest BCUT2D eigenvalue weighted by Gasteiger charge is -2.08. The zero-order chi connectivity index (χ0) is 20.1. The lowest BCUT2D eigenvalue weighted by Crippen LogP contribution is -2.27. The smallest absolute Gasteiger partial charge is 0.240 e. The number of aromatic hydroxyl groups is 2. The van der Waals surface area contributed by atoms with Crippen molar-refractivity contribution in [2.75, 3.05) is 20.3 Å². The summed E-state index contributed by atoms with van der Waals surface area (Å²) in [4.78, 5) is -0.0718. The minimum atomic E-state index is -3.79. The van der Waals surface area contributed by atoms with E-state index in [4.69, 9.17) is 4.74 Å². The second kappa shape index (κ2) is 9.46. The number of ether oxygens (including phenoxy) is 1. The first-order valence-corrected chi connectivity index (χ1v) is 9.85. The first kappa shape index (κ1) is 22.3. The minimum Gasteiger partial charge on any atom is -0.506 e. The molecule has 0 fully saturated rings. The SMILES string of the molecule is C.COCCNS(=O)(=O)c1ccc(O)c(N=Nc2c(O)ccc3ccccc23)c1. The molecule has 0 aliphatic carbocycles. The van der Waals surface area contributed by atoms with E-state index in [-0.39, 0.29) is 48.3 Å². The van der Waals surface area contributed by atoms with E-state index in [0.29, 0.717) is 5.39 Å². The van der Waals surface area contributed by atoms with Crippen LogP contribution in [0.15, 0.2) is 69.7 Å². The van der Waals surface area contributed by atoms with Gasteiger partial charge in [-0.15, -0.1) is 10.2 Å². The van der Waals surface area contributed by atoms with Gasteiger partial charge < -0.3 is 14.9 Å². The predicted molar refractivity (Wildman–Crippen MR) is 112 cm³/mol. The van der Waals surface area contributed by atoms with Crippen LogP contribution in [0, 0.1) is 0 Å². The third-order valence-corrected chi connectivity index (χ3v) is 5.45. The molecular weight excluding hydrogens is 394 g/mol. The lowest BCUT2D eigenvalue weighted by atomic mass is 10.1. The number of rotatable bonds is 7. The molecule has 0 aliphatic rings. The molecule has 154 valence electrons. The van der Waals surface area contributed by atoms with Crippen LogP contribution in [0.5, 0.6) is 11.5 Å². The molecule has 0 bridgehead atoms. The molecule has 0 saturated heterocycles. The normalized spacial score (nSPS) is 11.6. The van der Waals surface area contributed by atoms with Crippen molar-refractivity contribution in [3.63, 3.8) is 0 Å². The van der Waals surface area contributed by atoms with Gasteiger partial charge in [0.15, 0.2) is 0 Å². The molecule has 3 rings (SSSR count). The Morgan fingerprint density at radius 1 is 1.00 bits per heavy atom. The summed E-state index contributed by atoms with van der Waals surface area (Å²) in [6, 6.07) is 14.2. The van der Waals surface area contributed by atoms with Gasteiger partial charge in [-0.2, -0.15) is 0 Å². The molecule has 9 heteroatoms. The average Bonchev–Trinajstić information content (AvgIpc) is 2.68. The summed E-state index contributed by atoms with van der Waals surface area (Å²) in [5, 5.41) is 29.7. The van der Waals surface area contributed by atoms with E-state index in [1.807, 2.05) is 12.1 Å². The number of methoxy groups -OCH3 is 1. The average molecular weight is 417 g/mol. The van der Waals surface area contributed by atoms with Crippen LogP contribution in [0.2, 0.25) is 0 Å². The summed E-state index contributed by atoms with van der Waals surface area (Å²) >= 11 is 0. The topological polar surface area (TPSA) is 121 Å². The Kier molecular flexibility index (Phi) is 7.27. The van der Waals surface area contributed by atoms with E-state index in [1.54, 1.807) is 18.2 Å². The highest BCUT2D eigenvalue weighted by molar-refractivity contribution is 7.89. The molecule has 0 aliphatic heterocycles. The molecule has 0 heterocycles. The van der Waals surface area contributed by atoms with Crippen LogP contribution in [-0.4, -0.2) is 38.9 Å². The Morgan fingerprint density at radius 3 is 2.48 bits per heavy atom. The molecule has 0 saturated carbocycles. The summed E-state index contributed by atoms with van der Waals surface area (Å²) < 4.78 is 31.8. The fourth-order valence-electron chi connectivity index (χ4n) is 2.56. The zero-order valence-electron chi connectivity index (χ0n) is 15.0. The molecule has 0 unspecified atom stereocenters. The van der Waals surface area contributed by atoms with Gasteiger partial charge in [0.25, 0.3) is 0 Å². The standard InChI is InChI=1S/C19H19N3O5S.CH4/c1-27-11-10-20-28(25,26)14-7-9-17(23)16(12-14)21-22-19-15-5-3-2-4-13(15)6-8-18(19)24;/h2-9,12,20,23-24H,10-11H2,1H3;1H4. The summed E-state index contributed by atoms with van der Waals surface area (Å²) in [7, 11) is -2.32. The third-order valence-electron chi connectivity index (χ3n) is 3.99. The summed E-state index contributed by atoms with van der Waals surface area (Å²) in [5.74, 6) is -0.314. The van der Waals surface area contributed by atoms with Crippen molar-refractivity contribution in [1.29, 1.82) is 0 Å². The van der Waals surface area contributed by atoms with Crippen LogP contribution in [-0.2, 0) is 14.8 Å². The zero-order valence-corrected chi connectivity index (χ0v) is 15.8. The second-order valence-corrected chi connectivity index (χ2v) is 7.66. The molecule has 29 heavy (non-hydrogen) atoms. The van der Waals surface area contributed by atoms with Crippen LogP contribution >= 0.6 is 0 Å². The van der Waals surface area contributed by atoms with Gasteiger partial charge in [-0.3, -0.25) is 0 Å². The van der Waals surface area contributed by atoms with Crippen molar-refractivity contribution in [3.8, 4) is 11.5 Å². The van der Waals surface area contributed by atoms with E-state index in [9.17, 15) is 18.6 Å². The first-order valence-electron chi connectivity index (χ1n) is 8.36. The Morgan fingerprint density at radius 2 is 1.72 bits per heavy atom. The van der Waals surface area contributed by atoms with E-state index < -0.39 is 10.0 Å². The predicted octanol–water partition coefficient (Wildman–Crippen LogP) is 4.23. The number of phenolic OH excluding ortho intramolecular Hbond substituents is 2. The van der Waals surface area contributed by atoms with Crippen molar-refractivity contribution in [2.45, 2.75) is 12.3 Å². The largest absolute Gasteiger partial charge is 0.506 e. The van der Waals surface area contributed by atoms with Crippen molar-refractivity contribution in [2.24, 2.45) is 10.2 Å². The molecule has 0 atom stereocenters. The summed E-state index contributed by atoms with van der Waals surface area (Å²) in [5.41, 5.74) is 0.186. The fourth-order valence-corrected chi connectivity index (χ4v) is 3.60. The van der Waals surface area contributed by atoms with Crippen LogP contribution in [0.4, 0.5) is 11.4 Å². The quantitative estimate of drug-likeness (QED) is 0.392. The molecule has 0 radical (unpaired) electrons. The fraction of sp³-hybridized carbons (Fsp3) is 0.200. The maximum absolute atomic E-state index is 12.3. The second-order valence-electron chi connectivity index (χ2n) is 5.90. The monoisotopic (exact) mass is 417 g/mol. The maximum Gasteiger partial charge on any atom is 0.240 e. The number of hydrogen-bond donors (Lipinski definition) is 3. The molecular formula is C20H23N3O5S. The minimum absolute atomic E-state index is 0.